The Hall–Kier alpha value is -1.90. The molecule has 27 heavy (non-hydrogen) atoms. The average molecular weight is 429 g/mol. The summed E-state index contributed by atoms with van der Waals surface area (Å²) in [6.45, 7) is 3.70. The molecule has 0 fully saturated rings. The summed E-state index contributed by atoms with van der Waals surface area (Å²) in [4.78, 5) is 25.4. The highest BCUT2D eigenvalue weighted by atomic mass is 35.5. The fourth-order valence-corrected chi connectivity index (χ4v) is 5.00. The number of thiophene rings is 1. The van der Waals surface area contributed by atoms with Gasteiger partial charge in [-0.25, -0.2) is 8.42 Å². The van der Waals surface area contributed by atoms with Gasteiger partial charge in [-0.1, -0.05) is 11.6 Å². The quantitative estimate of drug-likeness (QED) is 0.705. The Morgan fingerprint density at radius 1 is 1.15 bits per heavy atom. The third kappa shape index (κ3) is 5.31. The van der Waals surface area contributed by atoms with Crippen molar-refractivity contribution in [3.05, 3.63) is 45.3 Å². The van der Waals surface area contributed by atoms with Crippen LogP contribution in [-0.4, -0.2) is 33.0 Å². The summed E-state index contributed by atoms with van der Waals surface area (Å²) >= 11 is 7.09. The van der Waals surface area contributed by atoms with Crippen molar-refractivity contribution in [3.63, 3.8) is 0 Å². The van der Waals surface area contributed by atoms with E-state index in [1.54, 1.807) is 0 Å². The molecule has 2 N–H and O–H groups in total. The molecular formula is C18H21ClN2O4S2. The molecule has 0 radical (unpaired) electrons. The normalized spacial score (nSPS) is 11.3. The molecule has 0 aliphatic carbocycles. The number of benzene rings is 1. The molecular weight excluding hydrogens is 408 g/mol. The summed E-state index contributed by atoms with van der Waals surface area (Å²) in [6.07, 6.45) is 0.214. The third-order valence-corrected chi connectivity index (χ3v) is 7.27. The smallest absolute Gasteiger partial charge is 0.254 e. The topological polar surface area (TPSA) is 92.3 Å². The van der Waals surface area contributed by atoms with E-state index in [2.05, 4.69) is 10.6 Å². The first-order valence-electron chi connectivity index (χ1n) is 8.26. The predicted octanol–water partition coefficient (Wildman–Crippen LogP) is 3.57. The molecule has 0 saturated heterocycles. The van der Waals surface area contributed by atoms with Crippen molar-refractivity contribution in [1.82, 2.24) is 5.32 Å². The van der Waals surface area contributed by atoms with E-state index in [1.807, 2.05) is 13.8 Å². The van der Waals surface area contributed by atoms with Crippen molar-refractivity contribution in [2.75, 3.05) is 18.1 Å². The van der Waals surface area contributed by atoms with Crippen molar-refractivity contribution in [2.24, 2.45) is 0 Å². The summed E-state index contributed by atoms with van der Waals surface area (Å²) in [7, 11) is -1.94. The van der Waals surface area contributed by atoms with E-state index in [-0.39, 0.29) is 35.3 Å². The van der Waals surface area contributed by atoms with Gasteiger partial charge < -0.3 is 10.6 Å². The van der Waals surface area contributed by atoms with E-state index in [0.29, 0.717) is 15.6 Å². The standard InChI is InChI=1S/C18H21ClN2O4S2/c1-11-12(2)26-18(16(11)17(23)20-3)21-15(22)5-4-10-27(24,25)14-8-6-13(19)7-9-14/h6-9H,4-5,10H2,1-3H3,(H,20,23)(H,21,22). The van der Waals surface area contributed by atoms with Crippen LogP contribution in [0.3, 0.4) is 0 Å². The number of amides is 2. The highest BCUT2D eigenvalue weighted by Gasteiger charge is 2.20. The second-order valence-electron chi connectivity index (χ2n) is 5.99. The summed E-state index contributed by atoms with van der Waals surface area (Å²) in [6, 6.07) is 5.93. The Morgan fingerprint density at radius 2 is 1.78 bits per heavy atom. The van der Waals surface area contributed by atoms with Crippen molar-refractivity contribution in [1.29, 1.82) is 0 Å². The van der Waals surface area contributed by atoms with E-state index in [0.717, 1.165) is 10.4 Å². The second-order valence-corrected chi connectivity index (χ2v) is 9.76. The number of sulfone groups is 1. The van der Waals surface area contributed by atoms with Crippen molar-refractivity contribution in [2.45, 2.75) is 31.6 Å². The molecule has 2 amide bonds. The molecule has 6 nitrogen and oxygen atoms in total. The Labute approximate surface area is 167 Å². The van der Waals surface area contributed by atoms with Gasteiger partial charge in [0.2, 0.25) is 5.91 Å². The number of hydrogen-bond acceptors (Lipinski definition) is 5. The van der Waals surface area contributed by atoms with Crippen LogP contribution in [-0.2, 0) is 14.6 Å². The number of halogens is 1. The maximum Gasteiger partial charge on any atom is 0.254 e. The molecule has 0 unspecified atom stereocenters. The van der Waals surface area contributed by atoms with E-state index in [9.17, 15) is 18.0 Å². The van der Waals surface area contributed by atoms with Gasteiger partial charge in [-0.3, -0.25) is 9.59 Å². The molecule has 1 aromatic heterocycles. The number of rotatable bonds is 7. The van der Waals surface area contributed by atoms with Crippen LogP contribution in [0, 0.1) is 13.8 Å². The zero-order valence-electron chi connectivity index (χ0n) is 15.3. The molecule has 0 aliphatic rings. The molecule has 1 aromatic carbocycles. The zero-order valence-corrected chi connectivity index (χ0v) is 17.6. The Morgan fingerprint density at radius 3 is 2.37 bits per heavy atom. The summed E-state index contributed by atoms with van der Waals surface area (Å²) in [5.41, 5.74) is 1.27. The second kappa shape index (κ2) is 8.86. The lowest BCUT2D eigenvalue weighted by Crippen LogP contribution is -2.21. The van der Waals surface area contributed by atoms with E-state index >= 15 is 0 Å². The Kier molecular flexibility index (Phi) is 7.02. The van der Waals surface area contributed by atoms with Gasteiger partial charge in [0.25, 0.3) is 5.91 Å². The minimum atomic E-state index is -3.47. The first kappa shape index (κ1) is 21.4. The highest BCUT2D eigenvalue weighted by molar-refractivity contribution is 7.91. The van der Waals surface area contributed by atoms with Crippen LogP contribution in [0.25, 0.3) is 0 Å². The highest BCUT2D eigenvalue weighted by Crippen LogP contribution is 2.32. The van der Waals surface area contributed by atoms with E-state index < -0.39 is 9.84 Å². The van der Waals surface area contributed by atoms with Crippen LogP contribution >= 0.6 is 22.9 Å². The van der Waals surface area contributed by atoms with Gasteiger partial charge in [-0.2, -0.15) is 0 Å². The van der Waals surface area contributed by atoms with Crippen LogP contribution in [0.1, 0.15) is 33.6 Å². The third-order valence-electron chi connectivity index (χ3n) is 4.08. The van der Waals surface area contributed by atoms with Crippen LogP contribution in [0.4, 0.5) is 5.00 Å². The lowest BCUT2D eigenvalue weighted by atomic mass is 10.1. The first-order valence-corrected chi connectivity index (χ1v) is 11.1. The molecule has 9 heteroatoms. The number of anilines is 1. The Balaban J connectivity index is 1.98. The summed E-state index contributed by atoms with van der Waals surface area (Å²) < 4.78 is 24.6. The number of aryl methyl sites for hydroxylation is 1. The lowest BCUT2D eigenvalue weighted by Gasteiger charge is -2.07. The maximum absolute atomic E-state index is 12.3. The molecule has 2 rings (SSSR count). The van der Waals surface area contributed by atoms with E-state index in [4.69, 9.17) is 11.6 Å². The van der Waals surface area contributed by atoms with Gasteiger partial charge in [-0.05, 0) is 50.1 Å². The maximum atomic E-state index is 12.3. The molecule has 0 aliphatic heterocycles. The van der Waals surface area contributed by atoms with Crippen LogP contribution in [0.15, 0.2) is 29.2 Å². The lowest BCUT2D eigenvalue weighted by molar-refractivity contribution is -0.116. The van der Waals surface area contributed by atoms with Crippen molar-refractivity contribution in [3.8, 4) is 0 Å². The fourth-order valence-electron chi connectivity index (χ4n) is 2.49. The minimum absolute atomic E-state index is 0.0377. The molecule has 146 valence electrons. The van der Waals surface area contributed by atoms with Crippen LogP contribution in [0.2, 0.25) is 5.02 Å². The predicted molar refractivity (Wildman–Crippen MR) is 109 cm³/mol. The summed E-state index contributed by atoms with van der Waals surface area (Å²) in [5, 5.41) is 6.23. The van der Waals surface area contributed by atoms with Gasteiger partial charge in [0.05, 0.1) is 16.2 Å². The van der Waals surface area contributed by atoms with Crippen molar-refractivity contribution >= 4 is 49.6 Å². The average Bonchev–Trinajstić information content (AvgIpc) is 2.88. The SMILES string of the molecule is CNC(=O)c1c(NC(=O)CCCS(=O)(=O)c2ccc(Cl)cc2)sc(C)c1C. The molecule has 0 saturated carbocycles. The molecule has 1 heterocycles. The van der Waals surface area contributed by atoms with Gasteiger partial charge in [0.1, 0.15) is 5.00 Å². The molecule has 2 aromatic rings. The number of nitrogens with one attached hydrogen (secondary N) is 2. The minimum Gasteiger partial charge on any atom is -0.355 e. The fraction of sp³-hybridized carbons (Fsp3) is 0.333. The van der Waals surface area contributed by atoms with Crippen molar-refractivity contribution < 1.29 is 18.0 Å². The number of hydrogen-bond donors (Lipinski definition) is 2. The molecule has 0 atom stereocenters. The number of carbonyl (C=O) groups excluding carboxylic acids is 2. The largest absolute Gasteiger partial charge is 0.355 e. The first-order chi connectivity index (χ1) is 12.7. The number of carbonyl (C=O) groups is 2. The molecule has 0 spiro atoms. The van der Waals surface area contributed by atoms with Gasteiger partial charge >= 0.3 is 0 Å². The summed E-state index contributed by atoms with van der Waals surface area (Å²) in [5.74, 6) is -0.738. The monoisotopic (exact) mass is 428 g/mol. The van der Waals surface area contributed by atoms with Gasteiger partial charge in [0.15, 0.2) is 9.84 Å². The zero-order chi connectivity index (χ0) is 20.2. The van der Waals surface area contributed by atoms with Gasteiger partial charge in [-0.15, -0.1) is 11.3 Å². The van der Waals surface area contributed by atoms with E-state index in [1.165, 1.54) is 42.6 Å². The Bertz CT molecular complexity index is 950. The van der Waals surface area contributed by atoms with Crippen LogP contribution < -0.4 is 10.6 Å². The van der Waals surface area contributed by atoms with Crippen LogP contribution in [0.5, 0.6) is 0 Å². The van der Waals surface area contributed by atoms with Gasteiger partial charge in [0, 0.05) is 23.4 Å². The molecule has 0 bridgehead atoms.